The highest BCUT2D eigenvalue weighted by atomic mass is 16.2. The molecule has 0 aliphatic heterocycles. The molecule has 2 amide bonds. The number of rotatable bonds is 4. The first kappa shape index (κ1) is 19.4. The summed E-state index contributed by atoms with van der Waals surface area (Å²) in [4.78, 5) is 27.2. The van der Waals surface area contributed by atoms with Gasteiger partial charge < -0.3 is 10.6 Å². The van der Waals surface area contributed by atoms with Crippen LogP contribution in [0, 0.1) is 46.3 Å². The van der Waals surface area contributed by atoms with Gasteiger partial charge in [0.05, 0.1) is 0 Å². The highest BCUT2D eigenvalue weighted by Gasteiger charge is 2.56. The van der Waals surface area contributed by atoms with Crippen LogP contribution >= 0.6 is 0 Å². The molecule has 0 saturated heterocycles. The Labute approximate surface area is 187 Å². The predicted molar refractivity (Wildman–Crippen MR) is 119 cm³/mol. The van der Waals surface area contributed by atoms with Crippen molar-refractivity contribution >= 4 is 11.8 Å². The molecule has 4 nitrogen and oxygen atoms in total. The van der Waals surface area contributed by atoms with Crippen molar-refractivity contribution in [3.63, 3.8) is 0 Å². The van der Waals surface area contributed by atoms with Gasteiger partial charge in [0.25, 0.3) is 0 Å². The predicted octanol–water partition coefficient (Wildman–Crippen LogP) is 4.57. The van der Waals surface area contributed by atoms with Crippen molar-refractivity contribution in [1.82, 2.24) is 10.6 Å². The Morgan fingerprint density at radius 1 is 0.516 bits per heavy atom. The largest absolute Gasteiger partial charge is 0.351 e. The minimum Gasteiger partial charge on any atom is -0.351 e. The normalized spacial score (nSPS) is 53.7. The number of hydrogen-bond acceptors (Lipinski definition) is 2. The Morgan fingerprint density at radius 2 is 0.806 bits per heavy atom. The van der Waals surface area contributed by atoms with Crippen molar-refractivity contribution in [3.8, 4) is 0 Å². The van der Waals surface area contributed by atoms with Crippen molar-refractivity contribution in [3.05, 3.63) is 0 Å². The van der Waals surface area contributed by atoms with Crippen LogP contribution in [0.2, 0.25) is 0 Å². The topological polar surface area (TPSA) is 58.2 Å². The van der Waals surface area contributed by atoms with Gasteiger partial charge >= 0.3 is 0 Å². The SMILES string of the molecule is O=C(NC1CCCC1NC(=O)C12CC3CC(CC(C3)C1)C2)C12CC3CC(CC(C3)C1)C2. The molecule has 2 atom stereocenters. The minimum atomic E-state index is -0.0776. The van der Waals surface area contributed by atoms with Crippen molar-refractivity contribution in [2.24, 2.45) is 46.3 Å². The molecule has 8 bridgehead atoms. The summed E-state index contributed by atoms with van der Waals surface area (Å²) < 4.78 is 0. The third-order valence-electron chi connectivity index (χ3n) is 11.2. The Kier molecular flexibility index (Phi) is 4.21. The monoisotopic (exact) mass is 424 g/mol. The molecule has 0 aromatic heterocycles. The van der Waals surface area contributed by atoms with Gasteiger partial charge in [0.1, 0.15) is 0 Å². The van der Waals surface area contributed by atoms with Crippen LogP contribution in [-0.2, 0) is 9.59 Å². The van der Waals surface area contributed by atoms with E-state index in [0.29, 0.717) is 11.8 Å². The number of carbonyl (C=O) groups is 2. The average molecular weight is 425 g/mol. The summed E-state index contributed by atoms with van der Waals surface area (Å²) in [5.74, 6) is 5.47. The summed E-state index contributed by atoms with van der Waals surface area (Å²) in [7, 11) is 0. The minimum absolute atomic E-state index is 0.0776. The van der Waals surface area contributed by atoms with Gasteiger partial charge in [-0.25, -0.2) is 0 Å². The molecule has 170 valence electrons. The fraction of sp³-hybridized carbons (Fsp3) is 0.926. The summed E-state index contributed by atoms with van der Waals surface area (Å²) in [5.41, 5.74) is -0.155. The number of amides is 2. The second-order valence-electron chi connectivity index (χ2n) is 13.5. The molecule has 0 aromatic rings. The molecule has 0 radical (unpaired) electrons. The number of carbonyl (C=O) groups excluding carboxylic acids is 2. The molecule has 0 spiro atoms. The van der Waals surface area contributed by atoms with Crippen LogP contribution in [-0.4, -0.2) is 23.9 Å². The molecule has 2 unspecified atom stereocenters. The van der Waals surface area contributed by atoms with Crippen molar-refractivity contribution in [1.29, 1.82) is 0 Å². The zero-order valence-corrected chi connectivity index (χ0v) is 19.0. The molecule has 9 aliphatic rings. The lowest BCUT2D eigenvalue weighted by Crippen LogP contribution is -2.59. The van der Waals surface area contributed by atoms with E-state index in [9.17, 15) is 9.59 Å². The van der Waals surface area contributed by atoms with Crippen LogP contribution in [0.15, 0.2) is 0 Å². The summed E-state index contributed by atoms with van der Waals surface area (Å²) in [6.45, 7) is 0. The molecule has 9 aliphatic carbocycles. The maximum atomic E-state index is 13.6. The molecule has 31 heavy (non-hydrogen) atoms. The van der Waals surface area contributed by atoms with E-state index in [0.717, 1.165) is 93.3 Å². The maximum Gasteiger partial charge on any atom is 0.226 e. The molecule has 0 aromatic carbocycles. The van der Waals surface area contributed by atoms with Crippen LogP contribution < -0.4 is 10.6 Å². The van der Waals surface area contributed by atoms with Crippen LogP contribution in [0.4, 0.5) is 0 Å². The van der Waals surface area contributed by atoms with Crippen LogP contribution in [0.1, 0.15) is 96.3 Å². The molecule has 9 fully saturated rings. The Balaban J connectivity index is 1.03. The van der Waals surface area contributed by atoms with Crippen molar-refractivity contribution in [2.45, 2.75) is 108 Å². The first-order valence-corrected chi connectivity index (χ1v) is 13.6. The molecule has 4 heteroatoms. The average Bonchev–Trinajstić information content (AvgIpc) is 3.12. The molecule has 2 N–H and O–H groups in total. The molecular weight excluding hydrogens is 384 g/mol. The van der Waals surface area contributed by atoms with E-state index in [4.69, 9.17) is 0 Å². The van der Waals surface area contributed by atoms with Gasteiger partial charge in [-0.2, -0.15) is 0 Å². The summed E-state index contributed by atoms with van der Waals surface area (Å²) >= 11 is 0. The lowest BCUT2D eigenvalue weighted by molar-refractivity contribution is -0.149. The smallest absolute Gasteiger partial charge is 0.226 e. The quantitative estimate of drug-likeness (QED) is 0.694. The van der Waals surface area contributed by atoms with Crippen LogP contribution in [0.25, 0.3) is 0 Å². The molecule has 0 heterocycles. The third-order valence-corrected chi connectivity index (χ3v) is 11.2. The van der Waals surface area contributed by atoms with E-state index >= 15 is 0 Å². The Morgan fingerprint density at radius 3 is 1.10 bits per heavy atom. The lowest BCUT2D eigenvalue weighted by Gasteiger charge is -2.56. The zero-order chi connectivity index (χ0) is 20.8. The second-order valence-corrected chi connectivity index (χ2v) is 13.5. The summed E-state index contributed by atoms with van der Waals surface area (Å²) in [6, 6.07) is 0.303. The summed E-state index contributed by atoms with van der Waals surface area (Å²) in [6.07, 6.45) is 18.2. The fourth-order valence-electron chi connectivity index (χ4n) is 10.7. The first-order valence-electron chi connectivity index (χ1n) is 13.6. The van der Waals surface area contributed by atoms with E-state index in [1.54, 1.807) is 0 Å². The van der Waals surface area contributed by atoms with E-state index in [1.165, 1.54) is 38.5 Å². The highest BCUT2D eigenvalue weighted by Crippen LogP contribution is 2.61. The fourth-order valence-corrected chi connectivity index (χ4v) is 10.7. The van der Waals surface area contributed by atoms with Crippen molar-refractivity contribution in [2.75, 3.05) is 0 Å². The van der Waals surface area contributed by atoms with Gasteiger partial charge in [0.15, 0.2) is 0 Å². The highest BCUT2D eigenvalue weighted by molar-refractivity contribution is 5.85. The van der Waals surface area contributed by atoms with E-state index in [-0.39, 0.29) is 22.9 Å². The van der Waals surface area contributed by atoms with E-state index < -0.39 is 0 Å². The van der Waals surface area contributed by atoms with Gasteiger partial charge in [-0.3, -0.25) is 9.59 Å². The Bertz CT molecular complexity index is 654. The second kappa shape index (κ2) is 6.73. The van der Waals surface area contributed by atoms with Gasteiger partial charge in [0, 0.05) is 22.9 Å². The standard InChI is InChI=1S/C27H40N2O2/c30-24(26-10-16-4-17(11-26)6-18(5-16)12-26)28-22-2-1-3-23(22)29-25(31)27-13-19-7-20(14-27)9-21(8-19)15-27/h16-23H,1-15H2,(H,28,30)(H,29,31). The third kappa shape index (κ3) is 3.05. The summed E-state index contributed by atoms with van der Waals surface area (Å²) in [5, 5.41) is 7.02. The molecular formula is C27H40N2O2. The molecule has 9 saturated carbocycles. The van der Waals surface area contributed by atoms with E-state index in [2.05, 4.69) is 10.6 Å². The van der Waals surface area contributed by atoms with E-state index in [1.807, 2.05) is 0 Å². The maximum absolute atomic E-state index is 13.6. The Hall–Kier alpha value is -1.06. The van der Waals surface area contributed by atoms with Crippen LogP contribution in [0.5, 0.6) is 0 Å². The van der Waals surface area contributed by atoms with Gasteiger partial charge in [-0.1, -0.05) is 0 Å². The van der Waals surface area contributed by atoms with Gasteiger partial charge in [-0.15, -0.1) is 0 Å². The first-order chi connectivity index (χ1) is 15.0. The van der Waals surface area contributed by atoms with Crippen LogP contribution in [0.3, 0.4) is 0 Å². The van der Waals surface area contributed by atoms with Gasteiger partial charge in [-0.05, 0) is 132 Å². The van der Waals surface area contributed by atoms with Gasteiger partial charge in [0.2, 0.25) is 11.8 Å². The number of nitrogens with one attached hydrogen (secondary N) is 2. The lowest BCUT2D eigenvalue weighted by atomic mass is 9.49. The zero-order valence-electron chi connectivity index (χ0n) is 19.0. The van der Waals surface area contributed by atoms with Crippen molar-refractivity contribution < 1.29 is 9.59 Å². The molecule has 9 rings (SSSR count). The number of hydrogen-bond donors (Lipinski definition) is 2.